The molecule has 0 aromatic rings. The Morgan fingerprint density at radius 3 is 2.15 bits per heavy atom. The monoisotopic (exact) mass is 379 g/mol. The van der Waals surface area contributed by atoms with E-state index in [-0.39, 0.29) is 23.8 Å². The van der Waals surface area contributed by atoms with Crippen LogP contribution in [0.5, 0.6) is 0 Å². The van der Waals surface area contributed by atoms with Crippen LogP contribution in [-0.4, -0.2) is 77.0 Å². The molecule has 0 aromatic carbocycles. The largest absolute Gasteiger partial charge is 0.444 e. The Morgan fingerprint density at radius 2 is 1.56 bits per heavy atom. The zero-order valence-electron chi connectivity index (χ0n) is 16.9. The maximum absolute atomic E-state index is 12.9. The fraction of sp³-hybridized carbons (Fsp3) is 0.850. The van der Waals surface area contributed by atoms with Gasteiger partial charge in [0.25, 0.3) is 0 Å². The number of ether oxygens (including phenoxy) is 1. The zero-order chi connectivity index (χ0) is 19.6. The number of rotatable bonds is 2. The molecule has 2 heterocycles. The number of carbonyl (C=O) groups is 3. The van der Waals surface area contributed by atoms with Crippen LogP contribution < -0.4 is 0 Å². The molecule has 7 nitrogen and oxygen atoms in total. The van der Waals surface area contributed by atoms with Crippen molar-refractivity contribution in [1.82, 2.24) is 14.7 Å². The van der Waals surface area contributed by atoms with Crippen LogP contribution in [0.15, 0.2) is 0 Å². The lowest BCUT2D eigenvalue weighted by atomic mass is 9.94. The molecular weight excluding hydrogens is 346 g/mol. The van der Waals surface area contributed by atoms with Crippen LogP contribution in [0.2, 0.25) is 0 Å². The average molecular weight is 380 g/mol. The van der Waals surface area contributed by atoms with Crippen molar-refractivity contribution in [3.63, 3.8) is 0 Å². The Bertz CT molecular complexity index is 572. The Morgan fingerprint density at radius 1 is 0.963 bits per heavy atom. The lowest BCUT2D eigenvalue weighted by Gasteiger charge is -2.36. The van der Waals surface area contributed by atoms with Gasteiger partial charge in [-0.1, -0.05) is 19.3 Å². The Balaban J connectivity index is 1.49. The summed E-state index contributed by atoms with van der Waals surface area (Å²) in [5, 5.41) is 0. The first-order valence-electron chi connectivity index (χ1n) is 10.3. The van der Waals surface area contributed by atoms with Crippen LogP contribution in [0.3, 0.4) is 0 Å². The van der Waals surface area contributed by atoms with Gasteiger partial charge in [0.1, 0.15) is 5.60 Å². The fourth-order valence-electron chi connectivity index (χ4n) is 4.34. The number of amides is 3. The third-order valence-electron chi connectivity index (χ3n) is 5.77. The minimum Gasteiger partial charge on any atom is -0.444 e. The van der Waals surface area contributed by atoms with E-state index >= 15 is 0 Å². The van der Waals surface area contributed by atoms with Crippen molar-refractivity contribution in [2.75, 3.05) is 32.7 Å². The van der Waals surface area contributed by atoms with Gasteiger partial charge in [0.2, 0.25) is 11.8 Å². The SMILES string of the molecule is CC(C)(C)OC(=O)N1CCN(C(=O)C2CC(=O)N(C3CCCCC3)C2)CC1. The molecule has 0 N–H and O–H groups in total. The predicted octanol–water partition coefficient (Wildman–Crippen LogP) is 2.25. The van der Waals surface area contributed by atoms with E-state index in [1.54, 1.807) is 4.90 Å². The summed E-state index contributed by atoms with van der Waals surface area (Å²) in [4.78, 5) is 42.9. The van der Waals surface area contributed by atoms with Gasteiger partial charge in [-0.2, -0.15) is 0 Å². The third-order valence-corrected chi connectivity index (χ3v) is 5.77. The second kappa shape index (κ2) is 8.07. The molecule has 0 radical (unpaired) electrons. The van der Waals surface area contributed by atoms with Crippen LogP contribution in [0, 0.1) is 5.92 Å². The topological polar surface area (TPSA) is 70.2 Å². The zero-order valence-corrected chi connectivity index (χ0v) is 16.9. The number of hydrogen-bond donors (Lipinski definition) is 0. The molecule has 3 aliphatic rings. The number of piperazine rings is 1. The molecule has 1 aliphatic carbocycles. The number of likely N-dealkylation sites (tertiary alicyclic amines) is 1. The molecule has 0 spiro atoms. The van der Waals surface area contributed by atoms with Crippen molar-refractivity contribution in [3.05, 3.63) is 0 Å². The molecule has 3 rings (SSSR count). The summed E-state index contributed by atoms with van der Waals surface area (Å²) >= 11 is 0. The van der Waals surface area contributed by atoms with E-state index in [1.807, 2.05) is 30.6 Å². The summed E-state index contributed by atoms with van der Waals surface area (Å²) in [6, 6.07) is 0.327. The Labute approximate surface area is 162 Å². The van der Waals surface area contributed by atoms with Gasteiger partial charge in [0.15, 0.2) is 0 Å². The molecule has 7 heteroatoms. The van der Waals surface area contributed by atoms with Crippen molar-refractivity contribution in [1.29, 1.82) is 0 Å². The quantitative estimate of drug-likeness (QED) is 0.738. The highest BCUT2D eigenvalue weighted by Crippen LogP contribution is 2.29. The summed E-state index contributed by atoms with van der Waals surface area (Å²) in [6.07, 6.45) is 5.76. The summed E-state index contributed by atoms with van der Waals surface area (Å²) in [7, 11) is 0. The van der Waals surface area contributed by atoms with E-state index in [4.69, 9.17) is 4.74 Å². The fourth-order valence-corrected chi connectivity index (χ4v) is 4.34. The lowest BCUT2D eigenvalue weighted by molar-refractivity contribution is -0.137. The van der Waals surface area contributed by atoms with Crippen LogP contribution >= 0.6 is 0 Å². The molecule has 3 fully saturated rings. The molecule has 0 aromatic heterocycles. The summed E-state index contributed by atoms with van der Waals surface area (Å²) in [5.74, 6) is -0.0364. The predicted molar refractivity (Wildman–Crippen MR) is 101 cm³/mol. The van der Waals surface area contributed by atoms with E-state index in [0.29, 0.717) is 45.2 Å². The standard InChI is InChI=1S/C20H33N3O4/c1-20(2,3)27-19(26)22-11-9-21(10-12-22)18(25)15-13-17(24)23(14-15)16-7-5-4-6-8-16/h15-16H,4-14H2,1-3H3. The second-order valence-electron chi connectivity index (χ2n) is 9.03. The van der Waals surface area contributed by atoms with E-state index in [9.17, 15) is 14.4 Å². The van der Waals surface area contributed by atoms with Crippen molar-refractivity contribution >= 4 is 17.9 Å². The van der Waals surface area contributed by atoms with E-state index in [2.05, 4.69) is 0 Å². The molecule has 3 amide bonds. The molecule has 152 valence electrons. The Kier molecular flexibility index (Phi) is 5.96. The summed E-state index contributed by atoms with van der Waals surface area (Å²) in [6.45, 7) is 8.08. The van der Waals surface area contributed by atoms with E-state index in [1.165, 1.54) is 19.3 Å². The van der Waals surface area contributed by atoms with Crippen molar-refractivity contribution in [3.8, 4) is 0 Å². The van der Waals surface area contributed by atoms with Gasteiger partial charge in [-0.05, 0) is 33.6 Å². The highest BCUT2D eigenvalue weighted by atomic mass is 16.6. The smallest absolute Gasteiger partial charge is 0.410 e. The molecular formula is C20H33N3O4. The van der Waals surface area contributed by atoms with Gasteiger partial charge < -0.3 is 19.4 Å². The van der Waals surface area contributed by atoms with Gasteiger partial charge >= 0.3 is 6.09 Å². The van der Waals surface area contributed by atoms with Crippen LogP contribution in [0.1, 0.15) is 59.3 Å². The molecule has 1 atom stereocenters. The number of nitrogens with zero attached hydrogens (tertiary/aromatic N) is 3. The van der Waals surface area contributed by atoms with Crippen LogP contribution in [0.25, 0.3) is 0 Å². The first-order chi connectivity index (χ1) is 12.7. The minimum atomic E-state index is -0.517. The lowest BCUT2D eigenvalue weighted by Crippen LogP contribution is -2.53. The summed E-state index contributed by atoms with van der Waals surface area (Å²) < 4.78 is 5.40. The molecule has 2 saturated heterocycles. The van der Waals surface area contributed by atoms with Gasteiger partial charge in [0.05, 0.1) is 5.92 Å². The van der Waals surface area contributed by atoms with E-state index in [0.717, 1.165) is 12.8 Å². The summed E-state index contributed by atoms with van der Waals surface area (Å²) in [5.41, 5.74) is -0.517. The number of carbonyl (C=O) groups excluding carboxylic acids is 3. The first-order valence-corrected chi connectivity index (χ1v) is 10.3. The van der Waals surface area contributed by atoms with Crippen LogP contribution in [0.4, 0.5) is 4.79 Å². The minimum absolute atomic E-state index is 0.0606. The van der Waals surface area contributed by atoms with Crippen LogP contribution in [-0.2, 0) is 14.3 Å². The maximum Gasteiger partial charge on any atom is 0.410 e. The van der Waals surface area contributed by atoms with Gasteiger partial charge in [-0.3, -0.25) is 9.59 Å². The van der Waals surface area contributed by atoms with Gasteiger partial charge in [-0.15, -0.1) is 0 Å². The molecule has 0 bridgehead atoms. The molecule has 1 saturated carbocycles. The van der Waals surface area contributed by atoms with Gasteiger partial charge in [-0.25, -0.2) is 4.79 Å². The molecule has 27 heavy (non-hydrogen) atoms. The molecule has 1 unspecified atom stereocenters. The second-order valence-corrected chi connectivity index (χ2v) is 9.03. The highest BCUT2D eigenvalue weighted by Gasteiger charge is 2.40. The maximum atomic E-state index is 12.9. The van der Waals surface area contributed by atoms with Crippen molar-refractivity contribution in [2.45, 2.75) is 70.9 Å². The third kappa shape index (κ3) is 4.93. The average Bonchev–Trinajstić information content (AvgIpc) is 3.02. The normalized spacial score (nSPS) is 25.1. The Hall–Kier alpha value is -1.79. The molecule has 2 aliphatic heterocycles. The van der Waals surface area contributed by atoms with Crippen molar-refractivity contribution < 1.29 is 19.1 Å². The van der Waals surface area contributed by atoms with E-state index < -0.39 is 5.60 Å². The van der Waals surface area contributed by atoms with Gasteiger partial charge in [0, 0.05) is 45.2 Å². The highest BCUT2D eigenvalue weighted by molar-refractivity contribution is 5.89. The van der Waals surface area contributed by atoms with Crippen molar-refractivity contribution in [2.24, 2.45) is 5.92 Å². The number of hydrogen-bond acceptors (Lipinski definition) is 4. The first kappa shape index (κ1) is 20.0.